The van der Waals surface area contributed by atoms with Gasteiger partial charge in [-0.05, 0) is 47.2 Å². The molecule has 0 spiro atoms. The van der Waals surface area contributed by atoms with Gasteiger partial charge >= 0.3 is 0 Å². The molecule has 0 unspecified atom stereocenters. The number of hydrogen-bond donors (Lipinski definition) is 3. The lowest BCUT2D eigenvalue weighted by Gasteiger charge is -2.38. The Labute approximate surface area is 261 Å². The predicted molar refractivity (Wildman–Crippen MR) is 164 cm³/mol. The van der Waals surface area contributed by atoms with E-state index in [1.54, 1.807) is 0 Å². The van der Waals surface area contributed by atoms with Gasteiger partial charge in [-0.25, -0.2) is 0 Å². The third-order valence-corrected chi connectivity index (χ3v) is 8.49. The van der Waals surface area contributed by atoms with Gasteiger partial charge in [-0.2, -0.15) is 0 Å². The van der Waals surface area contributed by atoms with Crippen LogP contribution in [0.4, 0.5) is 0 Å². The van der Waals surface area contributed by atoms with E-state index < -0.39 is 16.0 Å². The molecule has 3 N–H and O–H groups in total. The summed E-state index contributed by atoms with van der Waals surface area (Å²) < 4.78 is 11.0. The maximum absolute atomic E-state index is 12.1. The molecule has 2 aliphatic heterocycles. The molecule has 0 aromatic heterocycles. The third-order valence-electron chi connectivity index (χ3n) is 7.97. The minimum Gasteiger partial charge on any atom is -0.395 e. The molecule has 5 rings (SSSR count). The first-order chi connectivity index (χ1) is 20.2. The molecule has 224 valence electrons. The van der Waals surface area contributed by atoms with Gasteiger partial charge in [0.1, 0.15) is 0 Å². The maximum Gasteiger partial charge on any atom is 0.272 e. The number of benzene rings is 3. The van der Waals surface area contributed by atoms with Crippen molar-refractivity contribution < 1.29 is 24.5 Å². The Balaban J connectivity index is 1.35. The van der Waals surface area contributed by atoms with Crippen molar-refractivity contribution in [2.45, 2.75) is 60.7 Å². The van der Waals surface area contributed by atoms with Crippen LogP contribution in [0.3, 0.4) is 0 Å². The van der Waals surface area contributed by atoms with Gasteiger partial charge in [-0.15, -0.1) is 0 Å². The molecule has 2 saturated heterocycles. The van der Waals surface area contributed by atoms with Gasteiger partial charge in [0, 0.05) is 31.1 Å². The lowest BCUT2D eigenvalue weighted by atomic mass is 9.97. The third kappa shape index (κ3) is 7.65. The molecule has 7 nitrogen and oxygen atoms in total. The van der Waals surface area contributed by atoms with Crippen LogP contribution in [-0.4, -0.2) is 56.7 Å². The summed E-state index contributed by atoms with van der Waals surface area (Å²) >= 11 is 17.1. The molecule has 2 fully saturated rings. The van der Waals surface area contributed by atoms with Gasteiger partial charge in [0.05, 0.1) is 25.4 Å². The number of nitrogens with zero attached hydrogens (tertiary/aromatic N) is 1. The molecule has 2 aliphatic rings. The number of halogens is 3. The highest BCUT2D eigenvalue weighted by Gasteiger charge is 2.35. The highest BCUT2D eigenvalue weighted by molar-refractivity contribution is 6.76. The monoisotopic (exact) mass is 632 g/mol. The molecule has 0 aliphatic carbocycles. The minimum absolute atomic E-state index is 0.00751. The molecule has 1 amide bonds. The first-order valence-electron chi connectivity index (χ1n) is 14.1. The molecular weight excluding hydrogens is 599 g/mol. The Kier molecular flexibility index (Phi) is 10.5. The molecule has 0 saturated carbocycles. The molecule has 2 heterocycles. The highest BCUT2D eigenvalue weighted by atomic mass is 35.6. The number of aliphatic hydroxyl groups is 2. The Morgan fingerprint density at radius 1 is 0.952 bits per heavy atom. The van der Waals surface area contributed by atoms with Gasteiger partial charge in [-0.3, -0.25) is 9.69 Å². The van der Waals surface area contributed by atoms with Gasteiger partial charge in [0.2, 0.25) is 0 Å². The smallest absolute Gasteiger partial charge is 0.272 e. The second-order valence-electron chi connectivity index (χ2n) is 10.8. The molecular formula is C32H35Cl3N2O5. The summed E-state index contributed by atoms with van der Waals surface area (Å²) in [7, 11) is 0. The number of hydrogen-bond acceptors (Lipinski definition) is 6. The Morgan fingerprint density at radius 3 is 2.36 bits per heavy atom. The van der Waals surface area contributed by atoms with Crippen molar-refractivity contribution in [2.75, 3.05) is 19.7 Å². The van der Waals surface area contributed by atoms with E-state index in [1.807, 2.05) is 72.8 Å². The summed E-state index contributed by atoms with van der Waals surface area (Å²) in [6, 6.07) is 23.8. The largest absolute Gasteiger partial charge is 0.395 e. The van der Waals surface area contributed by atoms with Crippen molar-refractivity contribution in [3.05, 3.63) is 95.1 Å². The number of alkyl halides is 3. The standard InChI is InChI=1S/C32H35Cl3N2O5/c33-32(34,35)31(40)36-17-25-4-1-2-6-28(25)22-11-13-24(14-12-22)30-41-27(18-37-15-3-5-26(37)20-39)16-29(42-30)23-9-7-21(19-38)8-10-23/h1-2,4,6-14,26-27,29-30,38-39H,3,5,15-20H2,(H,36,40)/t26-,27-,29+,30+/m0/s1. The Bertz CT molecular complexity index is 1330. The second-order valence-corrected chi connectivity index (χ2v) is 13.1. The van der Waals surface area contributed by atoms with Crippen LogP contribution in [0, 0.1) is 0 Å². The van der Waals surface area contributed by atoms with Crippen molar-refractivity contribution in [1.82, 2.24) is 10.2 Å². The van der Waals surface area contributed by atoms with Crippen LogP contribution < -0.4 is 5.32 Å². The van der Waals surface area contributed by atoms with Crippen molar-refractivity contribution in [3.8, 4) is 11.1 Å². The number of nitrogens with one attached hydrogen (secondary N) is 1. The van der Waals surface area contributed by atoms with Crippen LogP contribution in [0.5, 0.6) is 0 Å². The van der Waals surface area contributed by atoms with Crippen molar-refractivity contribution in [3.63, 3.8) is 0 Å². The SMILES string of the molecule is O=C(NCc1ccccc1-c1ccc([C@@H]2O[C@H](CN3CCC[C@H]3CO)C[C@H](c3ccc(CO)cc3)O2)cc1)C(Cl)(Cl)Cl. The molecule has 4 atom stereocenters. The number of rotatable bonds is 9. The molecule has 0 radical (unpaired) electrons. The molecule has 3 aromatic carbocycles. The first kappa shape index (κ1) is 31.2. The number of ether oxygens (including phenoxy) is 2. The Hall–Kier alpha value is -2.20. The highest BCUT2D eigenvalue weighted by Crippen LogP contribution is 2.39. The quantitative estimate of drug-likeness (QED) is 0.257. The van der Waals surface area contributed by atoms with E-state index in [2.05, 4.69) is 10.2 Å². The van der Waals surface area contributed by atoms with Gasteiger partial charge in [0.25, 0.3) is 9.70 Å². The lowest BCUT2D eigenvalue weighted by molar-refractivity contribution is -0.253. The van der Waals surface area contributed by atoms with Crippen molar-refractivity contribution >= 4 is 40.7 Å². The van der Waals surface area contributed by atoms with Crippen LogP contribution >= 0.6 is 34.8 Å². The summed E-state index contributed by atoms with van der Waals surface area (Å²) in [6.07, 6.45) is 1.91. The van der Waals surface area contributed by atoms with E-state index >= 15 is 0 Å². The van der Waals surface area contributed by atoms with E-state index in [0.29, 0.717) is 6.42 Å². The average molecular weight is 634 g/mol. The summed E-state index contributed by atoms with van der Waals surface area (Å²) in [5.74, 6) is -0.682. The van der Waals surface area contributed by atoms with Crippen LogP contribution in [0.1, 0.15) is 53.9 Å². The normalized spacial score (nSPS) is 23.2. The average Bonchev–Trinajstić information content (AvgIpc) is 3.46. The van der Waals surface area contributed by atoms with Crippen LogP contribution in [-0.2, 0) is 27.4 Å². The van der Waals surface area contributed by atoms with E-state index in [-0.39, 0.29) is 38.0 Å². The zero-order valence-electron chi connectivity index (χ0n) is 23.1. The van der Waals surface area contributed by atoms with E-state index in [9.17, 15) is 15.0 Å². The number of likely N-dealkylation sites (tertiary alicyclic amines) is 1. The van der Waals surface area contributed by atoms with Crippen molar-refractivity contribution in [1.29, 1.82) is 0 Å². The molecule has 3 aromatic rings. The fourth-order valence-corrected chi connectivity index (χ4v) is 5.89. The topological polar surface area (TPSA) is 91.3 Å². The van der Waals surface area contributed by atoms with Crippen molar-refractivity contribution in [2.24, 2.45) is 0 Å². The molecule has 10 heteroatoms. The van der Waals surface area contributed by atoms with Gasteiger partial charge in [-0.1, -0.05) is 108 Å². The number of carbonyl (C=O) groups excluding carboxylic acids is 1. The van der Waals surface area contributed by atoms with Gasteiger partial charge < -0.3 is 25.0 Å². The summed E-state index contributed by atoms with van der Waals surface area (Å²) in [4.78, 5) is 14.4. The lowest BCUT2D eigenvalue weighted by Crippen LogP contribution is -2.42. The fraction of sp³-hybridized carbons (Fsp3) is 0.406. The van der Waals surface area contributed by atoms with E-state index in [0.717, 1.165) is 59.3 Å². The van der Waals surface area contributed by atoms with Gasteiger partial charge in [0.15, 0.2) is 6.29 Å². The minimum atomic E-state index is -2.03. The zero-order chi connectivity index (χ0) is 29.7. The van der Waals surface area contributed by atoms with E-state index in [1.165, 1.54) is 0 Å². The second kappa shape index (κ2) is 14.1. The predicted octanol–water partition coefficient (Wildman–Crippen LogP) is 5.83. The van der Waals surface area contributed by atoms with Crippen LogP contribution in [0.15, 0.2) is 72.8 Å². The zero-order valence-corrected chi connectivity index (χ0v) is 25.4. The first-order valence-corrected chi connectivity index (χ1v) is 15.3. The number of amides is 1. The summed E-state index contributed by atoms with van der Waals surface area (Å²) in [6.45, 7) is 2.02. The summed E-state index contributed by atoms with van der Waals surface area (Å²) in [5.41, 5.74) is 5.57. The van der Waals surface area contributed by atoms with Crippen LogP contribution in [0.25, 0.3) is 11.1 Å². The number of carbonyl (C=O) groups is 1. The molecule has 42 heavy (non-hydrogen) atoms. The Morgan fingerprint density at radius 2 is 1.67 bits per heavy atom. The fourth-order valence-electron chi connectivity index (χ4n) is 5.69. The molecule has 0 bridgehead atoms. The number of aliphatic hydroxyl groups excluding tert-OH is 2. The van der Waals surface area contributed by atoms with E-state index in [4.69, 9.17) is 44.3 Å². The van der Waals surface area contributed by atoms with Crippen LogP contribution in [0.2, 0.25) is 0 Å². The summed E-state index contributed by atoms with van der Waals surface area (Å²) in [5, 5.41) is 22.0. The maximum atomic E-state index is 12.1.